The first kappa shape index (κ1) is 22.9. The van der Waals surface area contributed by atoms with Crippen molar-refractivity contribution in [3.8, 4) is 21.8 Å². The standard InChI is InChI=1S/C30H26N6OS/c1-2-3-6-29(37)33-19-8-18(13-31-14-19)21-11-23-25(10-17-9-20(17)21)35-36-30(23)26-12-22-24(28-5-4-7-38-28)15-32-16-27(22)34-26/h4-5,7-8,10-17,34-35H,2-3,6,9H2,1H3,(H,33,37). The maximum Gasteiger partial charge on any atom is 0.224 e. The molecule has 3 N–H and O–H groups in total. The fourth-order valence-corrected chi connectivity index (χ4v) is 5.97. The Morgan fingerprint density at radius 1 is 1.18 bits per heavy atom. The summed E-state index contributed by atoms with van der Waals surface area (Å²) in [5.74, 6) is 0.413. The molecule has 8 heteroatoms. The molecule has 1 atom stereocenters. The van der Waals surface area contributed by atoms with E-state index in [4.69, 9.17) is 5.10 Å². The average Bonchev–Trinajstić information content (AvgIpc) is 3.27. The first-order valence-electron chi connectivity index (χ1n) is 12.9. The first-order chi connectivity index (χ1) is 18.7. The quantitative estimate of drug-likeness (QED) is 0.274. The predicted molar refractivity (Wildman–Crippen MR) is 153 cm³/mol. The number of rotatable bonds is 7. The molecule has 0 aromatic carbocycles. The lowest BCUT2D eigenvalue weighted by molar-refractivity contribution is -0.116. The second kappa shape index (κ2) is 9.22. The number of H-pyrrole nitrogens is 2. The highest BCUT2D eigenvalue weighted by molar-refractivity contribution is 7.13. The second-order valence-corrected chi connectivity index (χ2v) is 10.8. The number of allylic oxidation sites excluding steroid dienone is 2. The van der Waals surface area contributed by atoms with Crippen LogP contribution < -0.4 is 15.9 Å². The highest BCUT2D eigenvalue weighted by Crippen LogP contribution is 2.46. The number of hydrogen-bond donors (Lipinski definition) is 3. The number of amides is 1. The number of pyridine rings is 2. The third-order valence-corrected chi connectivity index (χ3v) is 8.14. The number of aromatic nitrogens is 5. The minimum atomic E-state index is 0.0283. The van der Waals surface area contributed by atoms with Crippen molar-refractivity contribution in [2.75, 3.05) is 5.32 Å². The van der Waals surface area contributed by atoms with Crippen LogP contribution in [0.2, 0.25) is 0 Å². The van der Waals surface area contributed by atoms with Crippen molar-refractivity contribution in [2.24, 2.45) is 5.92 Å². The summed E-state index contributed by atoms with van der Waals surface area (Å²) in [7, 11) is 0. The molecule has 0 bridgehead atoms. The Hall–Kier alpha value is -4.30. The lowest BCUT2D eigenvalue weighted by atomic mass is 10.0. The molecule has 1 amide bonds. The molecule has 2 aliphatic carbocycles. The van der Waals surface area contributed by atoms with Gasteiger partial charge in [-0.3, -0.25) is 19.9 Å². The molecule has 7 rings (SSSR count). The Bertz CT molecular complexity index is 1840. The summed E-state index contributed by atoms with van der Waals surface area (Å²) in [6.45, 7) is 2.09. The van der Waals surface area contributed by atoms with Crippen LogP contribution in [0.4, 0.5) is 5.69 Å². The number of carbonyl (C=O) groups excluding carboxylic acids is 1. The Morgan fingerprint density at radius 3 is 2.97 bits per heavy atom. The molecule has 0 aliphatic heterocycles. The molecule has 1 fully saturated rings. The van der Waals surface area contributed by atoms with E-state index in [1.165, 1.54) is 10.5 Å². The number of thiophene rings is 1. The first-order valence-corrected chi connectivity index (χ1v) is 13.8. The number of carbonyl (C=O) groups is 1. The molecule has 38 heavy (non-hydrogen) atoms. The van der Waals surface area contributed by atoms with E-state index in [0.29, 0.717) is 12.3 Å². The summed E-state index contributed by atoms with van der Waals surface area (Å²) in [6.07, 6.45) is 15.3. The molecule has 2 aliphatic rings. The highest BCUT2D eigenvalue weighted by atomic mass is 32.1. The molecular formula is C30H26N6OS. The summed E-state index contributed by atoms with van der Waals surface area (Å²) < 4.78 is 0. The molecular weight excluding hydrogens is 492 g/mol. The molecule has 7 nitrogen and oxygen atoms in total. The largest absolute Gasteiger partial charge is 0.352 e. The van der Waals surface area contributed by atoms with Gasteiger partial charge in [0.1, 0.15) is 5.69 Å². The van der Waals surface area contributed by atoms with E-state index in [2.05, 4.69) is 68.0 Å². The molecule has 5 heterocycles. The van der Waals surface area contributed by atoms with Crippen molar-refractivity contribution >= 4 is 51.6 Å². The van der Waals surface area contributed by atoms with Crippen LogP contribution in [-0.2, 0) is 4.79 Å². The molecule has 1 saturated carbocycles. The number of anilines is 1. The minimum absolute atomic E-state index is 0.0283. The summed E-state index contributed by atoms with van der Waals surface area (Å²) in [4.78, 5) is 26.0. The zero-order valence-electron chi connectivity index (χ0n) is 20.9. The molecule has 188 valence electrons. The number of nitrogens with one attached hydrogen (secondary N) is 3. The van der Waals surface area contributed by atoms with Gasteiger partial charge in [-0.2, -0.15) is 5.10 Å². The van der Waals surface area contributed by atoms with Gasteiger partial charge in [-0.1, -0.05) is 31.1 Å². The number of unbranched alkanes of at least 4 members (excludes halogenated alkanes) is 1. The van der Waals surface area contributed by atoms with E-state index in [1.807, 2.05) is 24.7 Å². The third-order valence-electron chi connectivity index (χ3n) is 7.24. The molecule has 5 aromatic heterocycles. The maximum atomic E-state index is 12.3. The van der Waals surface area contributed by atoms with Crippen LogP contribution in [0.15, 0.2) is 60.0 Å². The van der Waals surface area contributed by atoms with Gasteiger partial charge < -0.3 is 10.3 Å². The van der Waals surface area contributed by atoms with Gasteiger partial charge in [0.25, 0.3) is 0 Å². The summed E-state index contributed by atoms with van der Waals surface area (Å²) in [5.41, 5.74) is 8.20. The lowest BCUT2D eigenvalue weighted by Gasteiger charge is -2.08. The van der Waals surface area contributed by atoms with Crippen LogP contribution in [0.3, 0.4) is 0 Å². The van der Waals surface area contributed by atoms with Gasteiger partial charge in [-0.05, 0) is 48.1 Å². The summed E-state index contributed by atoms with van der Waals surface area (Å²) in [6, 6.07) is 8.38. The van der Waals surface area contributed by atoms with Crippen LogP contribution in [0.5, 0.6) is 0 Å². The zero-order valence-corrected chi connectivity index (χ0v) is 21.7. The van der Waals surface area contributed by atoms with Gasteiger partial charge in [0.05, 0.1) is 34.6 Å². The van der Waals surface area contributed by atoms with Crippen LogP contribution in [0, 0.1) is 5.92 Å². The predicted octanol–water partition coefficient (Wildman–Crippen LogP) is 5.25. The normalized spacial score (nSPS) is 15.9. The zero-order chi connectivity index (χ0) is 25.6. The smallest absolute Gasteiger partial charge is 0.224 e. The topological polar surface area (TPSA) is 99.3 Å². The second-order valence-electron chi connectivity index (χ2n) is 9.88. The van der Waals surface area contributed by atoms with Crippen LogP contribution in [-0.4, -0.2) is 31.1 Å². The van der Waals surface area contributed by atoms with Crippen molar-refractivity contribution < 1.29 is 4.79 Å². The van der Waals surface area contributed by atoms with Crippen molar-refractivity contribution in [3.05, 3.63) is 76.1 Å². The molecule has 1 unspecified atom stereocenters. The fourth-order valence-electron chi connectivity index (χ4n) is 5.22. The third kappa shape index (κ3) is 4.07. The molecule has 5 aromatic rings. The molecule has 0 radical (unpaired) electrons. The van der Waals surface area contributed by atoms with Crippen LogP contribution in [0.25, 0.3) is 50.5 Å². The Labute approximate surface area is 223 Å². The van der Waals surface area contributed by atoms with Crippen molar-refractivity contribution in [1.82, 2.24) is 25.1 Å². The van der Waals surface area contributed by atoms with Crippen molar-refractivity contribution in [1.29, 1.82) is 0 Å². The van der Waals surface area contributed by atoms with E-state index in [1.54, 1.807) is 17.5 Å². The average molecular weight is 519 g/mol. The Morgan fingerprint density at radius 2 is 2.11 bits per heavy atom. The van der Waals surface area contributed by atoms with E-state index in [0.717, 1.165) is 74.5 Å². The Balaban J connectivity index is 1.30. The van der Waals surface area contributed by atoms with Gasteiger partial charge in [0, 0.05) is 51.3 Å². The Kier molecular flexibility index (Phi) is 5.55. The van der Waals surface area contributed by atoms with Gasteiger partial charge in [-0.15, -0.1) is 11.3 Å². The molecule has 0 saturated heterocycles. The van der Waals surface area contributed by atoms with Gasteiger partial charge in [0.15, 0.2) is 0 Å². The summed E-state index contributed by atoms with van der Waals surface area (Å²) in [5, 5.41) is 16.3. The monoisotopic (exact) mass is 518 g/mol. The van der Waals surface area contributed by atoms with E-state index >= 15 is 0 Å². The number of hydrogen-bond acceptors (Lipinski definition) is 5. The van der Waals surface area contributed by atoms with E-state index in [-0.39, 0.29) is 5.91 Å². The van der Waals surface area contributed by atoms with Gasteiger partial charge in [0.2, 0.25) is 5.91 Å². The van der Waals surface area contributed by atoms with Crippen LogP contribution >= 0.6 is 11.3 Å². The van der Waals surface area contributed by atoms with Crippen molar-refractivity contribution in [2.45, 2.75) is 32.6 Å². The lowest BCUT2D eigenvalue weighted by Crippen LogP contribution is -2.23. The van der Waals surface area contributed by atoms with Crippen LogP contribution in [0.1, 0.15) is 38.2 Å². The minimum Gasteiger partial charge on any atom is -0.352 e. The maximum absolute atomic E-state index is 12.3. The molecule has 0 spiro atoms. The highest BCUT2D eigenvalue weighted by Gasteiger charge is 2.32. The SMILES string of the molecule is CCCCC(=O)Nc1cncc(C2=C3CC3C=c3[nH]nc(-c4cc5c(-c6cccs6)cncc5[nH]4)c3=C2)c1. The fraction of sp³-hybridized carbons (Fsp3) is 0.200. The van der Waals surface area contributed by atoms with Gasteiger partial charge in [-0.25, -0.2) is 0 Å². The summed E-state index contributed by atoms with van der Waals surface area (Å²) >= 11 is 1.71. The van der Waals surface area contributed by atoms with Gasteiger partial charge >= 0.3 is 0 Å². The number of nitrogens with zero attached hydrogens (tertiary/aromatic N) is 3. The van der Waals surface area contributed by atoms with E-state index < -0.39 is 0 Å². The van der Waals surface area contributed by atoms with E-state index in [9.17, 15) is 4.79 Å². The number of fused-ring (bicyclic) bond motifs is 3. The van der Waals surface area contributed by atoms with Crippen molar-refractivity contribution in [3.63, 3.8) is 0 Å². The number of aromatic amines is 2.